The minimum absolute atomic E-state index is 0.000445. The summed E-state index contributed by atoms with van der Waals surface area (Å²) in [5.41, 5.74) is 1.70. The molecule has 1 N–H and O–H groups in total. The summed E-state index contributed by atoms with van der Waals surface area (Å²) in [7, 11) is 0. The van der Waals surface area contributed by atoms with E-state index in [0.29, 0.717) is 5.56 Å². The van der Waals surface area contributed by atoms with Crippen molar-refractivity contribution in [2.45, 2.75) is 26.3 Å². The predicted octanol–water partition coefficient (Wildman–Crippen LogP) is 5.92. The highest BCUT2D eigenvalue weighted by atomic mass is 79.9. The largest absolute Gasteiger partial charge is 0.464 e. The molecule has 5 nitrogen and oxygen atoms in total. The third-order valence-corrected chi connectivity index (χ3v) is 4.56. The van der Waals surface area contributed by atoms with Gasteiger partial charge in [0.15, 0.2) is 5.78 Å². The number of benzene rings is 1. The van der Waals surface area contributed by atoms with E-state index in [4.69, 9.17) is 5.11 Å². The summed E-state index contributed by atoms with van der Waals surface area (Å²) >= 11 is 3.40. The van der Waals surface area contributed by atoms with Crippen LogP contribution in [0.3, 0.4) is 0 Å². The topological polar surface area (TPSA) is 64.2 Å². The Balaban J connectivity index is 0.000000292. The van der Waals surface area contributed by atoms with Gasteiger partial charge >= 0.3 is 6.09 Å². The summed E-state index contributed by atoms with van der Waals surface area (Å²) in [6.45, 7) is 6.42. The normalized spacial score (nSPS) is 11.1. The zero-order chi connectivity index (χ0) is 20.7. The molecule has 0 radical (unpaired) electrons. The molecule has 6 heteroatoms. The smallest absolute Gasteiger partial charge is 0.415 e. The molecule has 0 fully saturated rings. The number of carbonyl (C=O) groups excluding carboxylic acids is 1. The van der Waals surface area contributed by atoms with Crippen molar-refractivity contribution in [1.82, 2.24) is 9.13 Å². The van der Waals surface area contributed by atoms with Crippen molar-refractivity contribution in [3.8, 4) is 0 Å². The highest BCUT2D eigenvalue weighted by molar-refractivity contribution is 9.10. The van der Waals surface area contributed by atoms with E-state index in [-0.39, 0.29) is 11.3 Å². The van der Waals surface area contributed by atoms with Gasteiger partial charge in [-0.2, -0.15) is 0 Å². The number of carboxylic acid groups (broad SMARTS) is 1. The van der Waals surface area contributed by atoms with E-state index in [2.05, 4.69) is 41.3 Å². The molecule has 2 heterocycles. The Bertz CT molecular complexity index is 964. The molecule has 3 rings (SSSR count). The number of carbonyl (C=O) groups is 2. The first-order valence-corrected chi connectivity index (χ1v) is 9.50. The monoisotopic (exact) mass is 442 g/mol. The summed E-state index contributed by atoms with van der Waals surface area (Å²) < 4.78 is 4.05. The Morgan fingerprint density at radius 3 is 2.14 bits per heavy atom. The fraction of sp³-hybridized carbons (Fsp3) is 0.182. The molecule has 3 aromatic rings. The molecule has 0 aliphatic heterocycles. The quantitative estimate of drug-likeness (QED) is 0.404. The average Bonchev–Trinajstić information content (AvgIpc) is 3.32. The van der Waals surface area contributed by atoms with Gasteiger partial charge in [0, 0.05) is 39.9 Å². The van der Waals surface area contributed by atoms with Gasteiger partial charge in [-0.15, -0.1) is 0 Å². The lowest BCUT2D eigenvalue weighted by Crippen LogP contribution is -2.21. The number of nitrogens with zero attached hydrogens (tertiary/aromatic N) is 2. The summed E-state index contributed by atoms with van der Waals surface area (Å²) in [6, 6.07) is 14.8. The molecule has 28 heavy (non-hydrogen) atoms. The number of allylic oxidation sites excluding steroid dienone is 1. The van der Waals surface area contributed by atoms with Gasteiger partial charge in [-0.1, -0.05) is 28.1 Å². The van der Waals surface area contributed by atoms with Gasteiger partial charge in [0.2, 0.25) is 0 Å². The van der Waals surface area contributed by atoms with Crippen molar-refractivity contribution >= 4 is 33.9 Å². The third kappa shape index (κ3) is 5.82. The molecule has 0 bridgehead atoms. The van der Waals surface area contributed by atoms with E-state index < -0.39 is 6.09 Å². The number of rotatable bonds is 3. The van der Waals surface area contributed by atoms with Gasteiger partial charge < -0.3 is 9.67 Å². The Labute approximate surface area is 173 Å². The number of halogens is 1. The molecule has 0 atom stereocenters. The van der Waals surface area contributed by atoms with Crippen LogP contribution in [0.15, 0.2) is 77.7 Å². The Morgan fingerprint density at radius 1 is 0.964 bits per heavy atom. The van der Waals surface area contributed by atoms with E-state index in [0.717, 1.165) is 14.7 Å². The zero-order valence-corrected chi connectivity index (χ0v) is 17.6. The van der Waals surface area contributed by atoms with Crippen molar-refractivity contribution in [3.63, 3.8) is 0 Å². The lowest BCUT2D eigenvalue weighted by atomic mass is 10.1. The standard InChI is InChI=1S/C17H18BrNO.C5H5NO2/c1-17(2,3)19-12-6-7-13(19)10-11-16(20)14-8-4-5-9-15(14)18;7-5(8)6-3-1-2-4-6/h4-12H,1-3H3;1-4H,(H,7,8). The number of ketones is 1. The second kappa shape index (κ2) is 9.37. The zero-order valence-electron chi connectivity index (χ0n) is 16.0. The number of hydrogen-bond acceptors (Lipinski definition) is 2. The molecule has 0 saturated carbocycles. The average molecular weight is 443 g/mol. The molecule has 0 saturated heterocycles. The van der Waals surface area contributed by atoms with E-state index in [1.54, 1.807) is 18.2 Å². The maximum Gasteiger partial charge on any atom is 0.415 e. The molecular weight excluding hydrogens is 420 g/mol. The molecule has 146 valence electrons. The van der Waals surface area contributed by atoms with Crippen molar-refractivity contribution in [2.24, 2.45) is 0 Å². The van der Waals surface area contributed by atoms with E-state index >= 15 is 0 Å². The van der Waals surface area contributed by atoms with Gasteiger partial charge in [0.25, 0.3) is 0 Å². The van der Waals surface area contributed by atoms with Crippen LogP contribution in [0, 0.1) is 0 Å². The first-order chi connectivity index (χ1) is 13.2. The van der Waals surface area contributed by atoms with Gasteiger partial charge in [-0.3, -0.25) is 9.36 Å². The van der Waals surface area contributed by atoms with Crippen molar-refractivity contribution < 1.29 is 14.7 Å². The molecule has 0 unspecified atom stereocenters. The second-order valence-electron chi connectivity index (χ2n) is 7.02. The van der Waals surface area contributed by atoms with Crippen LogP contribution in [0.5, 0.6) is 0 Å². The molecule has 0 amide bonds. The molecule has 2 aromatic heterocycles. The van der Waals surface area contributed by atoms with Gasteiger partial charge in [-0.25, -0.2) is 4.79 Å². The van der Waals surface area contributed by atoms with E-state index in [9.17, 15) is 9.59 Å². The van der Waals surface area contributed by atoms with Crippen LogP contribution in [-0.4, -0.2) is 26.1 Å². The maximum atomic E-state index is 12.2. The predicted molar refractivity (Wildman–Crippen MR) is 115 cm³/mol. The third-order valence-electron chi connectivity index (χ3n) is 3.87. The Hall–Kier alpha value is -2.86. The highest BCUT2D eigenvalue weighted by Crippen LogP contribution is 2.20. The van der Waals surface area contributed by atoms with Gasteiger partial charge in [0.05, 0.1) is 0 Å². The molecular formula is C22H23BrN2O3. The molecule has 0 aliphatic rings. The van der Waals surface area contributed by atoms with Crippen LogP contribution in [0.4, 0.5) is 4.79 Å². The van der Waals surface area contributed by atoms with Crippen LogP contribution in [0.1, 0.15) is 36.8 Å². The lowest BCUT2D eigenvalue weighted by molar-refractivity contribution is 0.104. The van der Waals surface area contributed by atoms with Gasteiger partial charge in [0.1, 0.15) is 0 Å². The summed E-state index contributed by atoms with van der Waals surface area (Å²) in [4.78, 5) is 22.2. The molecule has 1 aromatic carbocycles. The summed E-state index contributed by atoms with van der Waals surface area (Å²) in [6.07, 6.45) is 7.52. The van der Waals surface area contributed by atoms with Crippen LogP contribution >= 0.6 is 15.9 Å². The Kier molecular flexibility index (Phi) is 7.18. The lowest BCUT2D eigenvalue weighted by Gasteiger charge is -2.23. The molecule has 0 aliphatic carbocycles. The van der Waals surface area contributed by atoms with Crippen LogP contribution in [0.2, 0.25) is 0 Å². The first-order valence-electron chi connectivity index (χ1n) is 8.71. The van der Waals surface area contributed by atoms with Gasteiger partial charge in [-0.05, 0) is 69.3 Å². The number of hydrogen-bond donors (Lipinski definition) is 1. The van der Waals surface area contributed by atoms with Crippen LogP contribution in [-0.2, 0) is 5.54 Å². The first kappa shape index (κ1) is 21.4. The molecule has 0 spiro atoms. The SMILES string of the molecule is CC(C)(C)n1cccc1C=CC(=O)c1ccccc1Br.O=C(O)n1cccc1. The fourth-order valence-corrected chi connectivity index (χ4v) is 2.99. The van der Waals surface area contributed by atoms with Crippen molar-refractivity contribution in [3.05, 3.63) is 88.9 Å². The van der Waals surface area contributed by atoms with E-state index in [1.165, 1.54) is 12.4 Å². The summed E-state index contributed by atoms with van der Waals surface area (Å²) in [5, 5.41) is 8.24. The van der Waals surface area contributed by atoms with Crippen molar-refractivity contribution in [1.29, 1.82) is 0 Å². The number of aromatic nitrogens is 2. The van der Waals surface area contributed by atoms with E-state index in [1.807, 2.05) is 48.7 Å². The maximum absolute atomic E-state index is 12.2. The second-order valence-corrected chi connectivity index (χ2v) is 7.88. The Morgan fingerprint density at radius 2 is 1.61 bits per heavy atom. The minimum Gasteiger partial charge on any atom is -0.464 e. The van der Waals surface area contributed by atoms with Crippen LogP contribution in [0.25, 0.3) is 6.08 Å². The minimum atomic E-state index is -0.949. The highest BCUT2D eigenvalue weighted by Gasteiger charge is 2.14. The fourth-order valence-electron chi connectivity index (χ4n) is 2.51. The van der Waals surface area contributed by atoms with Crippen LogP contribution < -0.4 is 0 Å². The van der Waals surface area contributed by atoms with Crippen molar-refractivity contribution in [2.75, 3.05) is 0 Å². The summed E-state index contributed by atoms with van der Waals surface area (Å²) in [5.74, 6) is -0.000802.